The van der Waals surface area contributed by atoms with E-state index in [1.54, 1.807) is 0 Å². The molecule has 1 aliphatic heterocycles. The molecular weight excluding hydrogens is 306 g/mol. The number of fused-ring (bicyclic) bond motifs is 1. The van der Waals surface area contributed by atoms with E-state index in [-0.39, 0.29) is 6.04 Å². The topological polar surface area (TPSA) is 18.8 Å². The fourth-order valence-electron chi connectivity index (χ4n) is 3.03. The van der Waals surface area contributed by atoms with Crippen LogP contribution in [0.2, 0.25) is 5.02 Å². The molecule has 1 atom stereocenters. The fourth-order valence-corrected chi connectivity index (χ4v) is 3.21. The lowest BCUT2D eigenvalue weighted by molar-refractivity contribution is 0.294. The predicted molar refractivity (Wildman–Crippen MR) is 97.8 cm³/mol. The molecule has 0 radical (unpaired) electrons. The molecule has 0 spiro atoms. The number of nitrogens with zero attached hydrogens (tertiary/aromatic N) is 3. The third-order valence-corrected chi connectivity index (χ3v) is 4.43. The Kier molecular flexibility index (Phi) is 4.69. The maximum Gasteiger partial charge on any atom is 0.102 e. The molecule has 0 fully saturated rings. The first-order chi connectivity index (χ1) is 11.1. The number of benzene rings is 2. The van der Waals surface area contributed by atoms with E-state index in [1.807, 2.05) is 18.2 Å². The smallest absolute Gasteiger partial charge is 0.102 e. The summed E-state index contributed by atoms with van der Waals surface area (Å²) in [7, 11) is 4.19. The average Bonchev–Trinajstić information content (AvgIpc) is 2.53. The van der Waals surface area contributed by atoms with Crippen molar-refractivity contribution in [3.63, 3.8) is 0 Å². The van der Waals surface area contributed by atoms with E-state index in [0.29, 0.717) is 0 Å². The van der Waals surface area contributed by atoms with Gasteiger partial charge in [0.1, 0.15) is 5.84 Å². The molecule has 3 nitrogen and oxygen atoms in total. The van der Waals surface area contributed by atoms with Gasteiger partial charge < -0.3 is 9.80 Å². The van der Waals surface area contributed by atoms with Gasteiger partial charge >= 0.3 is 0 Å². The summed E-state index contributed by atoms with van der Waals surface area (Å²) in [4.78, 5) is 9.35. The van der Waals surface area contributed by atoms with Gasteiger partial charge in [-0.1, -0.05) is 41.9 Å². The van der Waals surface area contributed by atoms with Crippen LogP contribution in [0.15, 0.2) is 53.5 Å². The van der Waals surface area contributed by atoms with Crippen LogP contribution in [0.25, 0.3) is 0 Å². The van der Waals surface area contributed by atoms with E-state index in [0.717, 1.165) is 29.6 Å². The first kappa shape index (κ1) is 16.0. The molecule has 2 aromatic rings. The zero-order valence-corrected chi connectivity index (χ0v) is 14.6. The highest BCUT2D eigenvalue weighted by Gasteiger charge is 2.29. The zero-order chi connectivity index (χ0) is 16.4. The van der Waals surface area contributed by atoms with Crippen LogP contribution < -0.4 is 0 Å². The zero-order valence-electron chi connectivity index (χ0n) is 13.8. The van der Waals surface area contributed by atoms with Gasteiger partial charge in [0.15, 0.2) is 0 Å². The van der Waals surface area contributed by atoms with Gasteiger partial charge in [-0.05, 0) is 44.8 Å². The molecule has 1 aliphatic rings. The van der Waals surface area contributed by atoms with Crippen LogP contribution in [-0.4, -0.2) is 42.8 Å². The minimum absolute atomic E-state index is 0.155. The number of hydrogen-bond donors (Lipinski definition) is 0. The van der Waals surface area contributed by atoms with E-state index in [1.165, 1.54) is 11.1 Å². The molecule has 0 saturated carbocycles. The SMILES string of the molecule is CC1=Nc2ccc(Cl)cc2C(c2ccccc2)N1CCN(C)C. The molecule has 0 aromatic heterocycles. The van der Waals surface area contributed by atoms with Crippen LogP contribution in [0.5, 0.6) is 0 Å². The quantitative estimate of drug-likeness (QED) is 0.831. The Bertz CT molecular complexity index is 710. The summed E-state index contributed by atoms with van der Waals surface area (Å²) in [6, 6.07) is 16.7. The second-order valence-corrected chi connectivity index (χ2v) is 6.61. The van der Waals surface area contributed by atoms with E-state index >= 15 is 0 Å². The van der Waals surface area contributed by atoms with Gasteiger partial charge in [0, 0.05) is 23.7 Å². The number of aliphatic imine (C=N–C) groups is 1. The van der Waals surface area contributed by atoms with Crippen molar-refractivity contribution in [3.05, 3.63) is 64.7 Å². The molecule has 23 heavy (non-hydrogen) atoms. The number of hydrogen-bond acceptors (Lipinski definition) is 3. The number of likely N-dealkylation sites (N-methyl/N-ethyl adjacent to an activating group) is 1. The molecule has 120 valence electrons. The monoisotopic (exact) mass is 327 g/mol. The van der Waals surface area contributed by atoms with Crippen LogP contribution in [-0.2, 0) is 0 Å². The molecule has 0 aliphatic carbocycles. The predicted octanol–water partition coefficient (Wildman–Crippen LogP) is 4.36. The summed E-state index contributed by atoms with van der Waals surface area (Å²) >= 11 is 6.27. The van der Waals surface area contributed by atoms with Crippen LogP contribution in [0.4, 0.5) is 5.69 Å². The molecule has 2 aromatic carbocycles. The summed E-state index contributed by atoms with van der Waals surface area (Å²) < 4.78 is 0. The summed E-state index contributed by atoms with van der Waals surface area (Å²) in [6.07, 6.45) is 0. The third kappa shape index (κ3) is 3.41. The Morgan fingerprint density at radius 3 is 2.57 bits per heavy atom. The Morgan fingerprint density at radius 1 is 1.13 bits per heavy atom. The average molecular weight is 328 g/mol. The van der Waals surface area contributed by atoms with Crippen molar-refractivity contribution in [2.24, 2.45) is 4.99 Å². The first-order valence-corrected chi connectivity index (χ1v) is 8.25. The Hall–Kier alpha value is -1.84. The van der Waals surface area contributed by atoms with E-state index in [2.05, 4.69) is 61.2 Å². The van der Waals surface area contributed by atoms with Crippen LogP contribution >= 0.6 is 11.6 Å². The fraction of sp³-hybridized carbons (Fsp3) is 0.316. The highest BCUT2D eigenvalue weighted by Crippen LogP contribution is 2.40. The van der Waals surface area contributed by atoms with E-state index in [9.17, 15) is 0 Å². The van der Waals surface area contributed by atoms with Crippen molar-refractivity contribution >= 4 is 23.1 Å². The molecular formula is C19H22ClN3. The lowest BCUT2D eigenvalue weighted by Gasteiger charge is -2.38. The number of amidine groups is 1. The van der Waals surface area contributed by atoms with Gasteiger partial charge in [-0.25, -0.2) is 4.99 Å². The lowest BCUT2D eigenvalue weighted by Crippen LogP contribution is -2.40. The van der Waals surface area contributed by atoms with E-state index in [4.69, 9.17) is 16.6 Å². The standard InChI is InChI=1S/C19H22ClN3/c1-14-21-18-10-9-16(20)13-17(18)19(15-7-5-4-6-8-15)23(14)12-11-22(2)3/h4-10,13,19H,11-12H2,1-3H3. The highest BCUT2D eigenvalue weighted by atomic mass is 35.5. The van der Waals surface area contributed by atoms with Crippen molar-refractivity contribution in [2.45, 2.75) is 13.0 Å². The summed E-state index contributed by atoms with van der Waals surface area (Å²) in [5, 5.41) is 0.756. The maximum atomic E-state index is 6.27. The molecule has 0 amide bonds. The van der Waals surface area contributed by atoms with Crippen molar-refractivity contribution in [3.8, 4) is 0 Å². The second kappa shape index (κ2) is 6.73. The van der Waals surface area contributed by atoms with Crippen molar-refractivity contribution in [2.75, 3.05) is 27.2 Å². The summed E-state index contributed by atoms with van der Waals surface area (Å²) in [6.45, 7) is 3.99. The van der Waals surface area contributed by atoms with Crippen LogP contribution in [0, 0.1) is 0 Å². The first-order valence-electron chi connectivity index (χ1n) is 7.87. The molecule has 0 saturated heterocycles. The van der Waals surface area contributed by atoms with Gasteiger partial charge in [-0.15, -0.1) is 0 Å². The van der Waals surface area contributed by atoms with Crippen LogP contribution in [0.3, 0.4) is 0 Å². The lowest BCUT2D eigenvalue weighted by atomic mass is 9.94. The molecule has 4 heteroatoms. The third-order valence-electron chi connectivity index (χ3n) is 4.20. The van der Waals surface area contributed by atoms with Gasteiger partial charge in [-0.3, -0.25) is 0 Å². The molecule has 1 heterocycles. The largest absolute Gasteiger partial charge is 0.348 e. The summed E-state index contributed by atoms with van der Waals surface area (Å²) in [5.74, 6) is 1.05. The molecule has 0 N–H and O–H groups in total. The Morgan fingerprint density at radius 2 is 1.87 bits per heavy atom. The highest BCUT2D eigenvalue weighted by molar-refractivity contribution is 6.30. The summed E-state index contributed by atoms with van der Waals surface area (Å²) in [5.41, 5.74) is 3.46. The van der Waals surface area contributed by atoms with Crippen molar-refractivity contribution in [1.29, 1.82) is 0 Å². The van der Waals surface area contributed by atoms with E-state index < -0.39 is 0 Å². The minimum Gasteiger partial charge on any atom is -0.348 e. The van der Waals surface area contributed by atoms with Gasteiger partial charge in [0.25, 0.3) is 0 Å². The molecule has 0 bridgehead atoms. The number of rotatable bonds is 4. The van der Waals surface area contributed by atoms with Crippen LogP contribution in [0.1, 0.15) is 24.1 Å². The maximum absolute atomic E-state index is 6.27. The van der Waals surface area contributed by atoms with Gasteiger partial charge in [0.05, 0.1) is 11.7 Å². The van der Waals surface area contributed by atoms with Crippen molar-refractivity contribution in [1.82, 2.24) is 9.80 Å². The molecule has 3 rings (SSSR count). The second-order valence-electron chi connectivity index (χ2n) is 6.17. The Labute approximate surface area is 143 Å². The minimum atomic E-state index is 0.155. The normalized spacial score (nSPS) is 17.2. The molecule has 1 unspecified atom stereocenters. The van der Waals surface area contributed by atoms with Gasteiger partial charge in [0.2, 0.25) is 0 Å². The Balaban J connectivity index is 2.08. The van der Waals surface area contributed by atoms with Gasteiger partial charge in [-0.2, -0.15) is 0 Å². The number of halogens is 1. The van der Waals surface area contributed by atoms with Crippen molar-refractivity contribution < 1.29 is 0 Å².